The average molecular weight is 184 g/mol. The van der Waals surface area contributed by atoms with Crippen LogP contribution in [0.3, 0.4) is 0 Å². The van der Waals surface area contributed by atoms with Gasteiger partial charge in [-0.15, -0.1) is 0 Å². The zero-order chi connectivity index (χ0) is 9.84. The highest BCUT2D eigenvalue weighted by Gasteiger charge is 2.25. The van der Waals surface area contributed by atoms with Crippen LogP contribution in [0.2, 0.25) is 0 Å². The van der Waals surface area contributed by atoms with Crippen molar-refractivity contribution >= 4 is 5.91 Å². The SMILES string of the molecule is CC(=O)NC/C(N)=C/N(N)C1CC1. The Morgan fingerprint density at radius 2 is 2.31 bits per heavy atom. The molecule has 0 aliphatic heterocycles. The van der Waals surface area contributed by atoms with Crippen molar-refractivity contribution in [2.24, 2.45) is 11.6 Å². The van der Waals surface area contributed by atoms with Crippen molar-refractivity contribution in [2.45, 2.75) is 25.8 Å². The van der Waals surface area contributed by atoms with Crippen molar-refractivity contribution in [1.29, 1.82) is 0 Å². The first kappa shape index (κ1) is 9.85. The molecule has 0 aromatic carbocycles. The van der Waals surface area contributed by atoms with E-state index in [1.54, 1.807) is 11.2 Å². The molecule has 1 rings (SSSR count). The molecule has 0 unspecified atom stereocenters. The first-order valence-corrected chi connectivity index (χ1v) is 4.33. The van der Waals surface area contributed by atoms with E-state index in [0.29, 0.717) is 18.3 Å². The number of rotatable bonds is 4. The van der Waals surface area contributed by atoms with Crippen LogP contribution in [0, 0.1) is 0 Å². The monoisotopic (exact) mass is 184 g/mol. The second kappa shape index (κ2) is 4.13. The molecule has 74 valence electrons. The standard InChI is InChI=1S/C8H16N4O/c1-6(13)11-4-7(9)5-12(10)8-2-3-8/h5,8H,2-4,9-10H2,1H3,(H,11,13)/b7-5-. The molecule has 5 nitrogen and oxygen atoms in total. The lowest BCUT2D eigenvalue weighted by atomic mass is 10.4. The molecule has 0 spiro atoms. The Labute approximate surface area is 77.7 Å². The molecule has 13 heavy (non-hydrogen) atoms. The maximum Gasteiger partial charge on any atom is 0.217 e. The van der Waals surface area contributed by atoms with E-state index >= 15 is 0 Å². The predicted octanol–water partition coefficient (Wildman–Crippen LogP) is -0.739. The second-order valence-corrected chi connectivity index (χ2v) is 3.29. The summed E-state index contributed by atoms with van der Waals surface area (Å²) in [6.45, 7) is 1.81. The molecule has 5 N–H and O–H groups in total. The van der Waals surface area contributed by atoms with Crippen molar-refractivity contribution in [3.05, 3.63) is 11.9 Å². The molecule has 5 heteroatoms. The average Bonchev–Trinajstić information content (AvgIpc) is 2.82. The van der Waals surface area contributed by atoms with Crippen LogP contribution in [0.5, 0.6) is 0 Å². The van der Waals surface area contributed by atoms with Gasteiger partial charge in [-0.05, 0) is 12.8 Å². The molecular weight excluding hydrogens is 168 g/mol. The fourth-order valence-electron chi connectivity index (χ4n) is 0.942. The van der Waals surface area contributed by atoms with Crippen LogP contribution in [0.4, 0.5) is 0 Å². The topological polar surface area (TPSA) is 84.4 Å². The Kier molecular flexibility index (Phi) is 3.13. The van der Waals surface area contributed by atoms with Crippen molar-refractivity contribution in [3.63, 3.8) is 0 Å². The summed E-state index contributed by atoms with van der Waals surface area (Å²) in [4.78, 5) is 10.5. The molecule has 1 amide bonds. The Hall–Kier alpha value is -1.23. The number of hydrazine groups is 1. The Morgan fingerprint density at radius 3 is 2.77 bits per heavy atom. The van der Waals surface area contributed by atoms with Crippen LogP contribution < -0.4 is 16.9 Å². The molecule has 1 saturated carbocycles. The number of nitrogens with zero attached hydrogens (tertiary/aromatic N) is 1. The number of nitrogens with two attached hydrogens (primary N) is 2. The lowest BCUT2D eigenvalue weighted by Crippen LogP contribution is -2.31. The van der Waals surface area contributed by atoms with E-state index in [9.17, 15) is 4.79 Å². The van der Waals surface area contributed by atoms with E-state index in [4.69, 9.17) is 11.6 Å². The second-order valence-electron chi connectivity index (χ2n) is 3.29. The van der Waals surface area contributed by atoms with Crippen molar-refractivity contribution in [3.8, 4) is 0 Å². The van der Waals surface area contributed by atoms with Gasteiger partial charge in [0, 0.05) is 24.9 Å². The Bertz CT molecular complexity index is 222. The van der Waals surface area contributed by atoms with Crippen molar-refractivity contribution in [2.75, 3.05) is 6.54 Å². The van der Waals surface area contributed by atoms with Gasteiger partial charge in [0.15, 0.2) is 0 Å². The molecule has 0 bridgehead atoms. The quantitative estimate of drug-likeness (QED) is 0.397. The van der Waals surface area contributed by atoms with Gasteiger partial charge in [-0.1, -0.05) is 0 Å². The maximum absolute atomic E-state index is 10.5. The van der Waals surface area contributed by atoms with E-state index in [-0.39, 0.29) is 5.91 Å². The normalized spacial score (nSPS) is 16.9. The summed E-state index contributed by atoms with van der Waals surface area (Å²) < 4.78 is 0. The number of hydrogen-bond donors (Lipinski definition) is 3. The van der Waals surface area contributed by atoms with Crippen LogP contribution in [-0.2, 0) is 4.79 Å². The third kappa shape index (κ3) is 3.80. The molecule has 0 atom stereocenters. The summed E-state index contributed by atoms with van der Waals surface area (Å²) in [5, 5.41) is 4.20. The highest BCUT2D eigenvalue weighted by atomic mass is 16.1. The summed E-state index contributed by atoms with van der Waals surface area (Å²) in [5.74, 6) is 5.56. The van der Waals surface area contributed by atoms with Crippen molar-refractivity contribution < 1.29 is 4.79 Å². The fraction of sp³-hybridized carbons (Fsp3) is 0.625. The lowest BCUT2D eigenvalue weighted by Gasteiger charge is -2.13. The summed E-state index contributed by atoms with van der Waals surface area (Å²) in [6, 6.07) is 0.441. The largest absolute Gasteiger partial charge is 0.399 e. The van der Waals surface area contributed by atoms with E-state index in [1.165, 1.54) is 6.92 Å². The number of hydrogen-bond acceptors (Lipinski definition) is 4. The van der Waals surface area contributed by atoms with Crippen LogP contribution >= 0.6 is 0 Å². The number of amides is 1. The highest BCUT2D eigenvalue weighted by molar-refractivity contribution is 5.73. The minimum atomic E-state index is -0.0913. The predicted molar refractivity (Wildman–Crippen MR) is 50.0 cm³/mol. The third-order valence-electron chi connectivity index (χ3n) is 1.82. The molecule has 0 aromatic rings. The van der Waals surface area contributed by atoms with Gasteiger partial charge in [-0.3, -0.25) is 4.79 Å². The minimum absolute atomic E-state index is 0.0913. The zero-order valence-corrected chi connectivity index (χ0v) is 7.79. The van der Waals surface area contributed by atoms with E-state index in [0.717, 1.165) is 12.8 Å². The zero-order valence-electron chi connectivity index (χ0n) is 7.79. The van der Waals surface area contributed by atoms with Gasteiger partial charge in [0.2, 0.25) is 5.91 Å². The van der Waals surface area contributed by atoms with Gasteiger partial charge in [0.25, 0.3) is 0 Å². The molecule has 0 heterocycles. The summed E-state index contributed by atoms with van der Waals surface area (Å²) in [6.07, 6.45) is 3.93. The number of carbonyl (C=O) groups is 1. The highest BCUT2D eigenvalue weighted by Crippen LogP contribution is 2.24. The van der Waals surface area contributed by atoms with Gasteiger partial charge in [0.05, 0.1) is 6.54 Å². The fourth-order valence-corrected chi connectivity index (χ4v) is 0.942. The van der Waals surface area contributed by atoms with Crippen molar-refractivity contribution in [1.82, 2.24) is 10.3 Å². The Balaban J connectivity index is 2.27. The molecule has 1 fully saturated rings. The van der Waals surface area contributed by atoms with Crippen LogP contribution in [-0.4, -0.2) is 23.5 Å². The molecule has 0 saturated heterocycles. The molecular formula is C8H16N4O. The first-order chi connectivity index (χ1) is 6.09. The molecule has 0 aromatic heterocycles. The van der Waals surface area contributed by atoms with Gasteiger partial charge in [-0.2, -0.15) is 0 Å². The summed E-state index contributed by atoms with van der Waals surface area (Å²) in [7, 11) is 0. The van der Waals surface area contributed by atoms with E-state index in [1.807, 2.05) is 0 Å². The third-order valence-corrected chi connectivity index (χ3v) is 1.82. The maximum atomic E-state index is 10.5. The van der Waals surface area contributed by atoms with E-state index in [2.05, 4.69) is 5.32 Å². The van der Waals surface area contributed by atoms with Crippen LogP contribution in [0.15, 0.2) is 11.9 Å². The van der Waals surface area contributed by atoms with Gasteiger partial charge in [-0.25, -0.2) is 5.84 Å². The molecule has 1 aliphatic carbocycles. The van der Waals surface area contributed by atoms with Gasteiger partial charge < -0.3 is 16.1 Å². The summed E-state index contributed by atoms with van der Waals surface area (Å²) in [5.41, 5.74) is 6.19. The number of nitrogens with one attached hydrogen (secondary N) is 1. The Morgan fingerprint density at radius 1 is 1.69 bits per heavy atom. The van der Waals surface area contributed by atoms with Crippen LogP contribution in [0.25, 0.3) is 0 Å². The minimum Gasteiger partial charge on any atom is -0.399 e. The first-order valence-electron chi connectivity index (χ1n) is 4.33. The van der Waals surface area contributed by atoms with Crippen LogP contribution in [0.1, 0.15) is 19.8 Å². The number of carbonyl (C=O) groups excluding carboxylic acids is 1. The smallest absolute Gasteiger partial charge is 0.217 e. The van der Waals surface area contributed by atoms with Gasteiger partial charge >= 0.3 is 0 Å². The summed E-state index contributed by atoms with van der Waals surface area (Å²) >= 11 is 0. The van der Waals surface area contributed by atoms with Gasteiger partial charge in [0.1, 0.15) is 0 Å². The molecule has 1 aliphatic rings. The molecule has 0 radical (unpaired) electrons. The van der Waals surface area contributed by atoms with E-state index < -0.39 is 0 Å². The lowest BCUT2D eigenvalue weighted by molar-refractivity contribution is -0.118.